The summed E-state index contributed by atoms with van der Waals surface area (Å²) in [5, 5.41) is 5.11. The lowest BCUT2D eigenvalue weighted by Crippen LogP contribution is -2.39. The van der Waals surface area contributed by atoms with Gasteiger partial charge in [-0.1, -0.05) is 20.8 Å². The Hall–Kier alpha value is -1.11. The van der Waals surface area contributed by atoms with Gasteiger partial charge in [0, 0.05) is 18.8 Å². The highest BCUT2D eigenvalue weighted by atomic mass is 32.2. The predicted molar refractivity (Wildman–Crippen MR) is 83.2 cm³/mol. The summed E-state index contributed by atoms with van der Waals surface area (Å²) in [4.78, 5) is 2.36. The van der Waals surface area contributed by atoms with Crippen molar-refractivity contribution in [2.24, 2.45) is 16.3 Å². The normalized spacial score (nSPS) is 12.4. The number of anilines is 1. The average Bonchev–Trinajstić information content (AvgIpc) is 2.37. The zero-order valence-corrected chi connectivity index (χ0v) is 13.3. The number of sulfonamides is 1. The lowest BCUT2D eigenvalue weighted by Gasteiger charge is -2.33. The van der Waals surface area contributed by atoms with E-state index in [0.717, 1.165) is 25.2 Å². The third-order valence-electron chi connectivity index (χ3n) is 3.20. The summed E-state index contributed by atoms with van der Waals surface area (Å²) in [6.07, 6.45) is 1.01. The SMILES string of the molecule is CCCN(CC(C)(C)CN)c1ccc(S(N)(=O)=O)cc1. The molecule has 114 valence electrons. The maximum atomic E-state index is 11.3. The van der Waals surface area contributed by atoms with Crippen LogP contribution in [-0.4, -0.2) is 28.1 Å². The fraction of sp³-hybridized carbons (Fsp3) is 0.571. The van der Waals surface area contributed by atoms with E-state index in [2.05, 4.69) is 25.7 Å². The number of nitrogens with two attached hydrogens (primary N) is 2. The van der Waals surface area contributed by atoms with Gasteiger partial charge in [-0.25, -0.2) is 13.6 Å². The molecule has 1 aromatic rings. The molecule has 0 saturated carbocycles. The zero-order chi connectivity index (χ0) is 15.4. The van der Waals surface area contributed by atoms with E-state index in [4.69, 9.17) is 10.9 Å². The molecule has 0 amide bonds. The Kier molecular flexibility index (Phi) is 5.56. The summed E-state index contributed by atoms with van der Waals surface area (Å²) in [6.45, 7) is 8.68. The van der Waals surface area contributed by atoms with Crippen LogP contribution >= 0.6 is 0 Å². The fourth-order valence-corrected chi connectivity index (χ4v) is 2.51. The van der Waals surface area contributed by atoms with Gasteiger partial charge in [-0.3, -0.25) is 0 Å². The Morgan fingerprint density at radius 3 is 2.15 bits per heavy atom. The van der Waals surface area contributed by atoms with E-state index in [9.17, 15) is 8.42 Å². The van der Waals surface area contributed by atoms with Crippen LogP contribution in [0.1, 0.15) is 27.2 Å². The Morgan fingerprint density at radius 1 is 1.20 bits per heavy atom. The molecule has 0 heterocycles. The van der Waals surface area contributed by atoms with Crippen LogP contribution in [-0.2, 0) is 10.0 Å². The standard InChI is InChI=1S/C14H25N3O2S/c1-4-9-17(11-14(2,3)10-15)12-5-7-13(8-6-12)20(16,18)19/h5-8H,4,9-11,15H2,1-3H3,(H2,16,18,19). The topological polar surface area (TPSA) is 89.4 Å². The van der Waals surface area contributed by atoms with Crippen molar-refractivity contribution < 1.29 is 8.42 Å². The number of rotatable bonds is 7. The number of hydrogen-bond acceptors (Lipinski definition) is 4. The van der Waals surface area contributed by atoms with Crippen LogP contribution < -0.4 is 15.8 Å². The molecule has 0 aliphatic heterocycles. The van der Waals surface area contributed by atoms with Gasteiger partial charge in [-0.2, -0.15) is 0 Å². The number of hydrogen-bond donors (Lipinski definition) is 2. The molecule has 20 heavy (non-hydrogen) atoms. The maximum Gasteiger partial charge on any atom is 0.238 e. The third kappa shape index (κ3) is 4.77. The third-order valence-corrected chi connectivity index (χ3v) is 4.12. The van der Waals surface area contributed by atoms with E-state index in [1.54, 1.807) is 24.3 Å². The molecule has 0 aromatic heterocycles. The number of benzene rings is 1. The molecular formula is C14H25N3O2S. The molecule has 0 atom stereocenters. The molecule has 0 fully saturated rings. The van der Waals surface area contributed by atoms with E-state index < -0.39 is 10.0 Å². The van der Waals surface area contributed by atoms with E-state index in [1.807, 2.05) is 0 Å². The molecule has 0 spiro atoms. The molecule has 4 N–H and O–H groups in total. The van der Waals surface area contributed by atoms with Gasteiger partial charge in [0.05, 0.1) is 4.90 Å². The monoisotopic (exact) mass is 299 g/mol. The predicted octanol–water partition coefficient (Wildman–Crippen LogP) is 1.54. The average molecular weight is 299 g/mol. The van der Waals surface area contributed by atoms with Crippen LogP contribution in [0.15, 0.2) is 29.2 Å². The van der Waals surface area contributed by atoms with Crippen LogP contribution in [0.5, 0.6) is 0 Å². The van der Waals surface area contributed by atoms with Crippen molar-refractivity contribution in [1.29, 1.82) is 0 Å². The van der Waals surface area contributed by atoms with Crippen LogP contribution in [0.4, 0.5) is 5.69 Å². The Balaban J connectivity index is 2.98. The van der Waals surface area contributed by atoms with Crippen LogP contribution in [0, 0.1) is 5.41 Å². The molecule has 0 bridgehead atoms. The first-order valence-electron chi connectivity index (χ1n) is 6.77. The lowest BCUT2D eigenvalue weighted by atomic mass is 9.93. The molecule has 6 heteroatoms. The Morgan fingerprint density at radius 2 is 1.75 bits per heavy atom. The molecule has 0 aliphatic rings. The van der Waals surface area contributed by atoms with Crippen molar-refractivity contribution in [3.8, 4) is 0 Å². The van der Waals surface area contributed by atoms with Crippen molar-refractivity contribution >= 4 is 15.7 Å². The highest BCUT2D eigenvalue weighted by Gasteiger charge is 2.20. The first-order chi connectivity index (χ1) is 9.19. The highest BCUT2D eigenvalue weighted by Crippen LogP contribution is 2.23. The molecule has 0 aliphatic carbocycles. The van der Waals surface area contributed by atoms with Crippen LogP contribution in [0.3, 0.4) is 0 Å². The fourth-order valence-electron chi connectivity index (χ4n) is 2.00. The van der Waals surface area contributed by atoms with Crippen molar-refractivity contribution in [3.05, 3.63) is 24.3 Å². The van der Waals surface area contributed by atoms with Gasteiger partial charge in [0.15, 0.2) is 0 Å². The zero-order valence-electron chi connectivity index (χ0n) is 12.5. The lowest BCUT2D eigenvalue weighted by molar-refractivity contribution is 0.377. The van der Waals surface area contributed by atoms with E-state index >= 15 is 0 Å². The van der Waals surface area contributed by atoms with Crippen LogP contribution in [0.2, 0.25) is 0 Å². The summed E-state index contributed by atoms with van der Waals surface area (Å²) >= 11 is 0. The minimum Gasteiger partial charge on any atom is -0.371 e. The molecule has 0 radical (unpaired) electrons. The Bertz CT molecular complexity index is 524. The van der Waals surface area contributed by atoms with Crippen molar-refractivity contribution in [2.75, 3.05) is 24.5 Å². The van der Waals surface area contributed by atoms with Gasteiger partial charge in [0.2, 0.25) is 10.0 Å². The summed E-state index contributed by atoms with van der Waals surface area (Å²) in [7, 11) is -3.64. The molecule has 5 nitrogen and oxygen atoms in total. The first kappa shape index (κ1) is 16.9. The van der Waals surface area contributed by atoms with Crippen LogP contribution in [0.25, 0.3) is 0 Å². The van der Waals surface area contributed by atoms with Gasteiger partial charge in [0.25, 0.3) is 0 Å². The quantitative estimate of drug-likeness (QED) is 0.799. The summed E-state index contributed by atoms with van der Waals surface area (Å²) in [6, 6.07) is 6.68. The second-order valence-electron chi connectivity index (χ2n) is 5.83. The van der Waals surface area contributed by atoms with Gasteiger partial charge in [0.1, 0.15) is 0 Å². The summed E-state index contributed by atoms with van der Waals surface area (Å²) in [5.74, 6) is 0. The number of primary sulfonamides is 1. The minimum absolute atomic E-state index is 0.00772. The van der Waals surface area contributed by atoms with Gasteiger partial charge in [-0.15, -0.1) is 0 Å². The molecule has 1 rings (SSSR count). The highest BCUT2D eigenvalue weighted by molar-refractivity contribution is 7.89. The van der Waals surface area contributed by atoms with Gasteiger partial charge in [-0.05, 0) is 42.6 Å². The Labute approximate surface area is 122 Å². The summed E-state index contributed by atoms with van der Waals surface area (Å²) < 4.78 is 22.5. The molecule has 1 aromatic carbocycles. The summed E-state index contributed by atoms with van der Waals surface area (Å²) in [5.41, 5.74) is 6.78. The van der Waals surface area contributed by atoms with Gasteiger partial charge < -0.3 is 10.6 Å². The molecule has 0 unspecified atom stereocenters. The second kappa shape index (κ2) is 6.56. The van der Waals surface area contributed by atoms with E-state index in [-0.39, 0.29) is 10.3 Å². The largest absolute Gasteiger partial charge is 0.371 e. The van der Waals surface area contributed by atoms with Crippen molar-refractivity contribution in [2.45, 2.75) is 32.1 Å². The number of nitrogens with zero attached hydrogens (tertiary/aromatic N) is 1. The van der Waals surface area contributed by atoms with Crippen molar-refractivity contribution in [3.63, 3.8) is 0 Å². The smallest absolute Gasteiger partial charge is 0.238 e. The van der Waals surface area contributed by atoms with Crippen molar-refractivity contribution in [1.82, 2.24) is 0 Å². The molecular weight excluding hydrogens is 274 g/mol. The second-order valence-corrected chi connectivity index (χ2v) is 7.39. The maximum absolute atomic E-state index is 11.3. The van der Waals surface area contributed by atoms with E-state index in [1.165, 1.54) is 0 Å². The van der Waals surface area contributed by atoms with Gasteiger partial charge >= 0.3 is 0 Å². The first-order valence-corrected chi connectivity index (χ1v) is 8.32. The molecule has 0 saturated heterocycles. The van der Waals surface area contributed by atoms with E-state index in [0.29, 0.717) is 6.54 Å². The minimum atomic E-state index is -3.64.